The minimum atomic E-state index is 0.131. The van der Waals surface area contributed by atoms with Gasteiger partial charge in [0.15, 0.2) is 34.9 Å². The molecule has 1 N–H and O–H groups in total. The Morgan fingerprint density at radius 2 is 0.816 bits per heavy atom. The molecule has 0 unspecified atom stereocenters. The molecular formula is C68H62N19+. The van der Waals surface area contributed by atoms with Gasteiger partial charge in [0.05, 0.1) is 17.7 Å². The van der Waals surface area contributed by atoms with E-state index in [2.05, 4.69) is 123 Å². The normalized spacial score (nSPS) is 11.1. The number of rotatable bonds is 13. The molecule has 0 fully saturated rings. The first-order valence-corrected chi connectivity index (χ1v) is 28.5. The summed E-state index contributed by atoms with van der Waals surface area (Å²) in [4.78, 5) is 76.1. The Morgan fingerprint density at radius 1 is 0.379 bits per heavy atom. The topological polar surface area (TPSA) is 231 Å². The zero-order chi connectivity index (χ0) is 60.2. The van der Waals surface area contributed by atoms with Crippen LogP contribution < -0.4 is 4.57 Å². The lowest BCUT2D eigenvalue weighted by molar-refractivity contribution is -0.594. The lowest BCUT2D eigenvalue weighted by Crippen LogP contribution is -2.26. The number of pyridine rings is 6. The standard InChI is InChI=1S/C26H21N7.C24H21N7.C18H19N5/c1-17(2)24-31-25(22-11-9-18(15-29-22)20-7-3-5-13-27-20)33-26(32-24)23-12-10-19(16-30-23)21-8-4-6-14-28-21;1-17(2)22-27-23(18-3-7-20(8-4-18)30-13-11-25-15-30)29-24(28-22)19-5-9-21(10-6-19)31-14-12-26-16-31;1-11(2)16-21-17(14-9-5-7-12(3)19-14)23-18(22-16)15-10-6-8-13(4)20-15/h3-17H,1-2H3;3-17H,1-2H3;5-11H,1-4H3/p+1. The number of aromatic amines is 1. The molecule has 13 aromatic rings. The van der Waals surface area contributed by atoms with Crippen LogP contribution in [-0.4, -0.2) is 89.3 Å². The molecule has 0 aliphatic heterocycles. The molecule has 428 valence electrons. The Bertz CT molecular complexity index is 4090. The summed E-state index contributed by atoms with van der Waals surface area (Å²) < 4.78 is 3.98. The van der Waals surface area contributed by atoms with Crippen molar-refractivity contribution in [2.24, 2.45) is 0 Å². The number of imidazole rings is 2. The molecule has 19 nitrogen and oxygen atoms in total. The third-order valence-electron chi connectivity index (χ3n) is 13.5. The van der Waals surface area contributed by atoms with Gasteiger partial charge in [-0.3, -0.25) is 19.9 Å². The summed E-state index contributed by atoms with van der Waals surface area (Å²) in [5.41, 5.74) is 12.3. The number of H-pyrrole nitrogens is 1. The summed E-state index contributed by atoms with van der Waals surface area (Å²) >= 11 is 0. The zero-order valence-electron chi connectivity index (χ0n) is 49.4. The molecule has 0 spiro atoms. The Labute approximate surface area is 504 Å². The summed E-state index contributed by atoms with van der Waals surface area (Å²) in [7, 11) is 0. The maximum absolute atomic E-state index is 4.79. The molecule has 13 rings (SSSR count). The second-order valence-electron chi connectivity index (χ2n) is 21.2. The van der Waals surface area contributed by atoms with E-state index in [0.717, 1.165) is 79.4 Å². The van der Waals surface area contributed by atoms with E-state index in [0.29, 0.717) is 52.2 Å². The number of aromatic nitrogens is 19. The number of aryl methyl sites for hydroxylation is 2. The van der Waals surface area contributed by atoms with Crippen LogP contribution in [0.2, 0.25) is 0 Å². The van der Waals surface area contributed by atoms with Gasteiger partial charge in [0.25, 0.3) is 0 Å². The van der Waals surface area contributed by atoms with Crippen molar-refractivity contribution in [2.45, 2.75) is 73.1 Å². The largest absolute Gasteiger partial charge is 0.306 e. The Morgan fingerprint density at radius 3 is 1.21 bits per heavy atom. The van der Waals surface area contributed by atoms with E-state index in [1.165, 1.54) is 0 Å². The van der Waals surface area contributed by atoms with Crippen molar-refractivity contribution >= 4 is 0 Å². The number of nitrogens with zero attached hydrogens (tertiary/aromatic N) is 18. The highest BCUT2D eigenvalue weighted by molar-refractivity contribution is 5.66. The third kappa shape index (κ3) is 14.2. The van der Waals surface area contributed by atoms with Crippen molar-refractivity contribution < 1.29 is 4.57 Å². The lowest BCUT2D eigenvalue weighted by atomic mass is 10.1. The van der Waals surface area contributed by atoms with Crippen LogP contribution in [0.25, 0.3) is 103 Å². The molecule has 0 bridgehead atoms. The summed E-state index contributed by atoms with van der Waals surface area (Å²) in [5.74, 6) is 6.32. The van der Waals surface area contributed by atoms with Crippen LogP contribution in [0.4, 0.5) is 0 Å². The predicted molar refractivity (Wildman–Crippen MR) is 334 cm³/mol. The minimum Gasteiger partial charge on any atom is -0.306 e. The van der Waals surface area contributed by atoms with Crippen molar-refractivity contribution in [1.29, 1.82) is 0 Å². The van der Waals surface area contributed by atoms with Crippen LogP contribution in [-0.2, 0) is 0 Å². The van der Waals surface area contributed by atoms with Crippen molar-refractivity contribution in [3.63, 3.8) is 0 Å². The quantitative estimate of drug-likeness (QED) is 0.106. The first-order chi connectivity index (χ1) is 42.4. The SMILES string of the molecule is CC(C)c1nc(-c2ccc(-c3ccccn3)cn2)nc(-c2ccc(-c3ccccn3)cn2)n1.CC(C)c1nc(-c2ccc(-n3ccnc3)cc2)nc(-c2ccc(-[n+]3cc[nH]c3)cc2)n1.Cc1cccc(-c2nc(-c3cccc(C)n3)nc(C(C)C)n2)n1. The summed E-state index contributed by atoms with van der Waals surface area (Å²) in [6.45, 7) is 16.3. The van der Waals surface area contributed by atoms with E-state index < -0.39 is 0 Å². The molecule has 11 heterocycles. The van der Waals surface area contributed by atoms with Crippen molar-refractivity contribution in [1.82, 2.24) is 89.3 Å². The molecule has 19 heteroatoms. The van der Waals surface area contributed by atoms with Gasteiger partial charge in [-0.1, -0.05) is 65.8 Å². The lowest BCUT2D eigenvalue weighted by Gasteiger charge is -2.10. The fourth-order valence-electron chi connectivity index (χ4n) is 8.85. The third-order valence-corrected chi connectivity index (χ3v) is 13.5. The Balaban J connectivity index is 0.000000137. The molecule has 2 aromatic carbocycles. The van der Waals surface area contributed by atoms with Crippen LogP contribution in [0.15, 0.2) is 208 Å². The van der Waals surface area contributed by atoms with Gasteiger partial charge >= 0.3 is 0 Å². The van der Waals surface area contributed by atoms with Gasteiger partial charge in [-0.25, -0.2) is 69.4 Å². The first kappa shape index (κ1) is 57.6. The maximum Gasteiger partial charge on any atom is 0.246 e. The van der Waals surface area contributed by atoms with Gasteiger partial charge in [-0.15, -0.1) is 0 Å². The molecule has 87 heavy (non-hydrogen) atoms. The summed E-state index contributed by atoms with van der Waals surface area (Å²) in [5, 5.41) is 0. The van der Waals surface area contributed by atoms with Crippen LogP contribution >= 0.6 is 0 Å². The fraction of sp³-hybridized carbons (Fsp3) is 0.162. The Hall–Kier alpha value is -11.2. The molecule has 0 aliphatic carbocycles. The van der Waals surface area contributed by atoms with Gasteiger partial charge in [0.1, 0.15) is 58.3 Å². The molecule has 0 saturated carbocycles. The number of benzene rings is 2. The van der Waals surface area contributed by atoms with E-state index in [4.69, 9.17) is 15.0 Å². The van der Waals surface area contributed by atoms with E-state index in [9.17, 15) is 0 Å². The second-order valence-corrected chi connectivity index (χ2v) is 21.2. The van der Waals surface area contributed by atoms with E-state index >= 15 is 0 Å². The molecule has 0 atom stereocenters. The molecule has 0 radical (unpaired) electrons. The summed E-state index contributed by atoms with van der Waals surface area (Å²) in [6.07, 6.45) is 18.3. The molecule has 0 aliphatic rings. The van der Waals surface area contributed by atoms with Gasteiger partial charge in [-0.2, -0.15) is 0 Å². The van der Waals surface area contributed by atoms with Crippen LogP contribution in [0.3, 0.4) is 0 Å². The van der Waals surface area contributed by atoms with Gasteiger partial charge in [0, 0.05) is 94.3 Å². The average molecular weight is 1150 g/mol. The number of hydrogen-bond acceptors (Lipinski definition) is 16. The molecule has 11 aromatic heterocycles. The molecule has 0 amide bonds. The minimum absolute atomic E-state index is 0.131. The smallest absolute Gasteiger partial charge is 0.246 e. The van der Waals surface area contributed by atoms with Gasteiger partial charge in [-0.05, 0) is 135 Å². The second kappa shape index (κ2) is 26.6. The van der Waals surface area contributed by atoms with Gasteiger partial charge < -0.3 is 4.57 Å². The van der Waals surface area contributed by atoms with Crippen LogP contribution in [0.1, 0.15) is 88.2 Å². The monoisotopic (exact) mass is 1140 g/mol. The number of hydrogen-bond donors (Lipinski definition) is 1. The predicted octanol–water partition coefficient (Wildman–Crippen LogP) is 13.1. The van der Waals surface area contributed by atoms with E-state index in [1.54, 1.807) is 37.3 Å². The zero-order valence-corrected chi connectivity index (χ0v) is 49.4. The van der Waals surface area contributed by atoms with Crippen LogP contribution in [0, 0.1) is 13.8 Å². The highest BCUT2D eigenvalue weighted by Gasteiger charge is 2.18. The Kier molecular flexibility index (Phi) is 17.6. The highest BCUT2D eigenvalue weighted by Crippen LogP contribution is 2.28. The number of nitrogens with one attached hydrogen (secondary N) is 1. The first-order valence-electron chi connectivity index (χ1n) is 28.5. The van der Waals surface area contributed by atoms with Crippen LogP contribution in [0.5, 0.6) is 0 Å². The summed E-state index contributed by atoms with van der Waals surface area (Å²) in [6, 6.07) is 47.4. The average Bonchev–Trinajstić information content (AvgIpc) is 4.33. The van der Waals surface area contributed by atoms with Crippen molar-refractivity contribution in [3.8, 4) is 103 Å². The fourth-order valence-corrected chi connectivity index (χ4v) is 8.85. The van der Waals surface area contributed by atoms with Crippen molar-refractivity contribution in [3.05, 3.63) is 237 Å². The molecular weight excluding hydrogens is 1080 g/mol. The highest BCUT2D eigenvalue weighted by atomic mass is 15.1. The molecule has 0 saturated heterocycles. The van der Waals surface area contributed by atoms with Gasteiger partial charge in [0.2, 0.25) is 6.33 Å². The van der Waals surface area contributed by atoms with E-state index in [1.807, 2.05) is 181 Å². The van der Waals surface area contributed by atoms with Crippen molar-refractivity contribution in [2.75, 3.05) is 0 Å². The van der Waals surface area contributed by atoms with E-state index in [-0.39, 0.29) is 17.8 Å². The maximum atomic E-state index is 4.79.